The highest BCUT2D eigenvalue weighted by Gasteiger charge is 2.27. The van der Waals surface area contributed by atoms with Gasteiger partial charge in [-0.05, 0) is 24.5 Å². The molecule has 2 atom stereocenters. The van der Waals surface area contributed by atoms with Gasteiger partial charge in [0.1, 0.15) is 10.7 Å². The second-order valence-corrected chi connectivity index (χ2v) is 5.67. The Morgan fingerprint density at radius 3 is 2.75 bits per heavy atom. The zero-order valence-corrected chi connectivity index (χ0v) is 13.1. The first kappa shape index (κ1) is 15.1. The van der Waals surface area contributed by atoms with Gasteiger partial charge in [0.25, 0.3) is 0 Å². The first-order valence-electron chi connectivity index (χ1n) is 6.82. The molecule has 0 saturated carbocycles. The van der Waals surface area contributed by atoms with Crippen molar-refractivity contribution < 1.29 is 9.47 Å². The molecule has 1 aliphatic rings. The van der Waals surface area contributed by atoms with Crippen LogP contribution in [0.1, 0.15) is 18.9 Å². The van der Waals surface area contributed by atoms with Crippen molar-refractivity contribution >= 4 is 22.9 Å². The molecule has 0 aliphatic carbocycles. The lowest BCUT2D eigenvalue weighted by atomic mass is 9.95. The molecule has 110 valence electrons. The van der Waals surface area contributed by atoms with E-state index >= 15 is 0 Å². The maximum Gasteiger partial charge on any atom is 0.120 e. The van der Waals surface area contributed by atoms with E-state index in [1.54, 1.807) is 14.2 Å². The van der Waals surface area contributed by atoms with Crippen LogP contribution in [-0.4, -0.2) is 38.4 Å². The number of hydrogen-bond acceptors (Lipinski definition) is 4. The number of rotatable bonds is 4. The normalized spacial score (nSPS) is 22.6. The first-order valence-corrected chi connectivity index (χ1v) is 7.23. The quantitative estimate of drug-likeness (QED) is 0.863. The van der Waals surface area contributed by atoms with E-state index in [1.165, 1.54) is 0 Å². The molecule has 1 aliphatic heterocycles. The maximum atomic E-state index is 5.84. The van der Waals surface area contributed by atoms with Gasteiger partial charge in [0.05, 0.1) is 18.9 Å². The van der Waals surface area contributed by atoms with Gasteiger partial charge < -0.3 is 20.1 Å². The van der Waals surface area contributed by atoms with Crippen LogP contribution in [0.4, 0.5) is 5.69 Å². The van der Waals surface area contributed by atoms with Gasteiger partial charge >= 0.3 is 0 Å². The molecule has 20 heavy (non-hydrogen) atoms. The van der Waals surface area contributed by atoms with E-state index in [0.29, 0.717) is 10.9 Å². The second-order valence-electron chi connectivity index (χ2n) is 5.23. The van der Waals surface area contributed by atoms with Crippen molar-refractivity contribution in [3.05, 3.63) is 23.8 Å². The molecule has 0 bridgehead atoms. The number of ether oxygens (including phenoxy) is 2. The molecular formula is C15H22N2O2S. The number of methoxy groups -OCH3 is 2. The van der Waals surface area contributed by atoms with Crippen molar-refractivity contribution in [1.82, 2.24) is 0 Å². The third kappa shape index (κ3) is 3.04. The molecule has 2 N–H and O–H groups in total. The van der Waals surface area contributed by atoms with E-state index in [4.69, 9.17) is 27.4 Å². The lowest BCUT2D eigenvalue weighted by Gasteiger charge is -2.38. The van der Waals surface area contributed by atoms with E-state index in [9.17, 15) is 0 Å². The molecule has 0 amide bonds. The molecule has 5 heteroatoms. The van der Waals surface area contributed by atoms with Gasteiger partial charge in [0, 0.05) is 31.8 Å². The summed E-state index contributed by atoms with van der Waals surface area (Å²) in [5.41, 5.74) is 7.77. The first-order chi connectivity index (χ1) is 9.56. The van der Waals surface area contributed by atoms with Crippen LogP contribution in [0.5, 0.6) is 5.75 Å². The fourth-order valence-electron chi connectivity index (χ4n) is 2.67. The topological polar surface area (TPSA) is 47.7 Å². The number of anilines is 1. The van der Waals surface area contributed by atoms with Crippen LogP contribution < -0.4 is 15.4 Å². The minimum atomic E-state index is 0.231. The molecule has 2 unspecified atom stereocenters. The smallest absolute Gasteiger partial charge is 0.120 e. The Labute approximate surface area is 125 Å². The van der Waals surface area contributed by atoms with Crippen molar-refractivity contribution in [3.63, 3.8) is 0 Å². The molecule has 0 spiro atoms. The summed E-state index contributed by atoms with van der Waals surface area (Å²) < 4.78 is 10.9. The lowest BCUT2D eigenvalue weighted by Crippen LogP contribution is -2.44. The summed E-state index contributed by atoms with van der Waals surface area (Å²) in [5.74, 6) is 1.38. The van der Waals surface area contributed by atoms with Crippen LogP contribution in [-0.2, 0) is 4.74 Å². The molecule has 1 saturated heterocycles. The van der Waals surface area contributed by atoms with E-state index in [-0.39, 0.29) is 6.10 Å². The van der Waals surface area contributed by atoms with E-state index < -0.39 is 0 Å². The summed E-state index contributed by atoms with van der Waals surface area (Å²) in [7, 11) is 3.43. The summed E-state index contributed by atoms with van der Waals surface area (Å²) in [5, 5.41) is 0. The van der Waals surface area contributed by atoms with Crippen LogP contribution in [0.3, 0.4) is 0 Å². The fourth-order valence-corrected chi connectivity index (χ4v) is 2.84. The lowest BCUT2D eigenvalue weighted by molar-refractivity contribution is 0.0498. The van der Waals surface area contributed by atoms with Crippen molar-refractivity contribution in [3.8, 4) is 5.75 Å². The Kier molecular flexibility index (Phi) is 4.83. The molecule has 4 nitrogen and oxygen atoms in total. The van der Waals surface area contributed by atoms with Crippen molar-refractivity contribution in [2.45, 2.75) is 19.4 Å². The minimum Gasteiger partial charge on any atom is -0.497 e. The highest BCUT2D eigenvalue weighted by molar-refractivity contribution is 7.80. The van der Waals surface area contributed by atoms with E-state index in [0.717, 1.165) is 36.5 Å². The Morgan fingerprint density at radius 2 is 2.15 bits per heavy atom. The highest BCUT2D eigenvalue weighted by atomic mass is 32.1. The van der Waals surface area contributed by atoms with Crippen LogP contribution in [0.25, 0.3) is 0 Å². The monoisotopic (exact) mass is 294 g/mol. The van der Waals surface area contributed by atoms with Gasteiger partial charge in [-0.25, -0.2) is 0 Å². The summed E-state index contributed by atoms with van der Waals surface area (Å²) in [6.07, 6.45) is 1.32. The van der Waals surface area contributed by atoms with Crippen LogP contribution in [0.2, 0.25) is 0 Å². The molecule has 1 aromatic rings. The predicted molar refractivity (Wildman–Crippen MR) is 85.7 cm³/mol. The van der Waals surface area contributed by atoms with Gasteiger partial charge in [-0.3, -0.25) is 0 Å². The van der Waals surface area contributed by atoms with Gasteiger partial charge in [-0.2, -0.15) is 0 Å². The molecule has 0 radical (unpaired) electrons. The standard InChI is InChI=1S/C15H22N2O2S/c1-10-6-7-17(9-14(10)19-3)13-8-11(18-2)4-5-12(13)15(16)20/h4-5,8,10,14H,6-7,9H2,1-3H3,(H2,16,20). The molecule has 1 heterocycles. The van der Waals surface area contributed by atoms with Gasteiger partial charge in [-0.15, -0.1) is 0 Å². The fraction of sp³-hybridized carbons (Fsp3) is 0.533. The predicted octanol–water partition coefficient (Wildman–Crippen LogP) is 2.19. The number of nitrogens with two attached hydrogens (primary N) is 1. The average molecular weight is 294 g/mol. The minimum absolute atomic E-state index is 0.231. The number of nitrogens with zero attached hydrogens (tertiary/aromatic N) is 1. The van der Waals surface area contributed by atoms with E-state index in [1.807, 2.05) is 18.2 Å². The molecule has 0 aromatic heterocycles. The van der Waals surface area contributed by atoms with Crippen molar-refractivity contribution in [2.75, 3.05) is 32.2 Å². The molecule has 1 aromatic carbocycles. The Morgan fingerprint density at radius 1 is 1.40 bits per heavy atom. The molecule has 2 rings (SSSR count). The third-order valence-electron chi connectivity index (χ3n) is 4.00. The zero-order chi connectivity index (χ0) is 14.7. The molecular weight excluding hydrogens is 272 g/mol. The Balaban J connectivity index is 2.32. The summed E-state index contributed by atoms with van der Waals surface area (Å²) in [4.78, 5) is 2.70. The van der Waals surface area contributed by atoms with E-state index in [2.05, 4.69) is 11.8 Å². The van der Waals surface area contributed by atoms with Gasteiger partial charge in [-0.1, -0.05) is 19.1 Å². The number of hydrogen-bond donors (Lipinski definition) is 1. The second kappa shape index (κ2) is 6.41. The van der Waals surface area contributed by atoms with Crippen LogP contribution in [0, 0.1) is 5.92 Å². The maximum absolute atomic E-state index is 5.84. The zero-order valence-electron chi connectivity index (χ0n) is 12.3. The summed E-state index contributed by atoms with van der Waals surface area (Å²) in [6.45, 7) is 4.05. The van der Waals surface area contributed by atoms with Gasteiger partial charge in [0.2, 0.25) is 0 Å². The Bertz CT molecular complexity index is 493. The van der Waals surface area contributed by atoms with Crippen molar-refractivity contribution in [2.24, 2.45) is 11.7 Å². The van der Waals surface area contributed by atoms with Crippen LogP contribution >= 0.6 is 12.2 Å². The third-order valence-corrected chi connectivity index (χ3v) is 4.22. The number of benzene rings is 1. The largest absolute Gasteiger partial charge is 0.497 e. The Hall–Kier alpha value is -1.33. The summed E-state index contributed by atoms with van der Waals surface area (Å²) in [6, 6.07) is 5.81. The van der Waals surface area contributed by atoms with Crippen molar-refractivity contribution in [1.29, 1.82) is 0 Å². The summed E-state index contributed by atoms with van der Waals surface area (Å²) >= 11 is 5.16. The SMILES string of the molecule is COc1ccc(C(N)=S)c(N2CCC(C)C(OC)C2)c1. The average Bonchev–Trinajstić information content (AvgIpc) is 2.47. The highest BCUT2D eigenvalue weighted by Crippen LogP contribution is 2.30. The van der Waals surface area contributed by atoms with Gasteiger partial charge in [0.15, 0.2) is 0 Å². The molecule has 1 fully saturated rings. The number of thiocarbonyl (C=S) groups is 1. The number of piperidine rings is 1. The van der Waals surface area contributed by atoms with Crippen LogP contribution in [0.15, 0.2) is 18.2 Å².